The smallest absolute Gasteiger partial charge is 0.0843 e. The van der Waals surface area contributed by atoms with Gasteiger partial charge in [0, 0.05) is 14.8 Å². The first-order chi connectivity index (χ1) is 8.43. The minimum absolute atomic E-state index is 0.0486. The summed E-state index contributed by atoms with van der Waals surface area (Å²) in [5.41, 5.74) is 1.15. The van der Waals surface area contributed by atoms with Gasteiger partial charge in [-0.1, -0.05) is 44.2 Å². The van der Waals surface area contributed by atoms with Crippen LogP contribution in [-0.2, 0) is 5.41 Å². The molecular formula is C14H13Br2ClS. The predicted octanol–water partition coefficient (Wildman–Crippen LogP) is 6.53. The van der Waals surface area contributed by atoms with E-state index in [1.165, 1.54) is 10.4 Å². The zero-order chi connectivity index (χ0) is 13.3. The molecule has 0 N–H and O–H groups in total. The monoisotopic (exact) mass is 406 g/mol. The van der Waals surface area contributed by atoms with Crippen LogP contribution >= 0.6 is 54.8 Å². The minimum Gasteiger partial charge on any atom is -0.130 e. The second kappa shape index (κ2) is 5.66. The molecule has 2 aromatic rings. The van der Waals surface area contributed by atoms with Gasteiger partial charge in [-0.2, -0.15) is 0 Å². The maximum Gasteiger partial charge on any atom is 0.0843 e. The number of alkyl halides is 1. The lowest BCUT2D eigenvalue weighted by Crippen LogP contribution is -2.22. The van der Waals surface area contributed by atoms with Crippen molar-refractivity contribution >= 4 is 54.8 Å². The highest BCUT2D eigenvalue weighted by molar-refractivity contribution is 9.13. The molecule has 0 saturated heterocycles. The number of hydrogen-bond acceptors (Lipinski definition) is 1. The van der Waals surface area contributed by atoms with Crippen molar-refractivity contribution in [2.24, 2.45) is 0 Å². The Kier molecular flexibility index (Phi) is 4.58. The Morgan fingerprint density at radius 2 is 1.78 bits per heavy atom. The van der Waals surface area contributed by atoms with Crippen LogP contribution in [0.1, 0.15) is 29.7 Å². The highest BCUT2D eigenvalue weighted by atomic mass is 79.9. The van der Waals surface area contributed by atoms with Crippen LogP contribution in [0.25, 0.3) is 0 Å². The Morgan fingerprint density at radius 3 is 2.28 bits per heavy atom. The Labute approximate surface area is 134 Å². The summed E-state index contributed by atoms with van der Waals surface area (Å²) in [6.07, 6.45) is 0. The quantitative estimate of drug-likeness (QED) is 0.507. The maximum absolute atomic E-state index is 6.69. The highest BCUT2D eigenvalue weighted by Gasteiger charge is 2.32. The van der Waals surface area contributed by atoms with E-state index in [0.29, 0.717) is 0 Å². The zero-order valence-electron chi connectivity index (χ0n) is 10.1. The lowest BCUT2D eigenvalue weighted by atomic mass is 9.81. The van der Waals surface area contributed by atoms with E-state index in [9.17, 15) is 0 Å². The van der Waals surface area contributed by atoms with Gasteiger partial charge in [0.1, 0.15) is 0 Å². The first kappa shape index (κ1) is 14.6. The molecular weight excluding hydrogens is 395 g/mol. The molecule has 0 saturated carbocycles. The summed E-state index contributed by atoms with van der Waals surface area (Å²) in [5, 5.41) is -0.0486. The number of halogens is 3. The summed E-state index contributed by atoms with van der Waals surface area (Å²) < 4.78 is 2.16. The number of rotatable bonds is 3. The van der Waals surface area contributed by atoms with E-state index < -0.39 is 0 Å². The van der Waals surface area contributed by atoms with Gasteiger partial charge >= 0.3 is 0 Å². The van der Waals surface area contributed by atoms with Crippen LogP contribution in [0, 0.1) is 0 Å². The molecule has 0 nitrogen and oxygen atoms in total. The van der Waals surface area contributed by atoms with Gasteiger partial charge in [0.05, 0.1) is 9.16 Å². The summed E-state index contributed by atoms with van der Waals surface area (Å²) in [4.78, 5) is 1.17. The van der Waals surface area contributed by atoms with Crippen LogP contribution in [0.5, 0.6) is 0 Å². The SMILES string of the molecule is CC(C)(c1ccccc1)C(Cl)c1cc(Br)c(Br)s1. The fourth-order valence-corrected chi connectivity index (χ4v) is 4.43. The van der Waals surface area contributed by atoms with E-state index >= 15 is 0 Å². The largest absolute Gasteiger partial charge is 0.130 e. The third-order valence-corrected chi connectivity index (χ3v) is 7.30. The van der Waals surface area contributed by atoms with Crippen molar-refractivity contribution < 1.29 is 0 Å². The molecule has 0 aliphatic heterocycles. The topological polar surface area (TPSA) is 0 Å². The number of hydrogen-bond donors (Lipinski definition) is 0. The first-order valence-electron chi connectivity index (χ1n) is 5.57. The van der Waals surface area contributed by atoms with Crippen molar-refractivity contribution in [3.63, 3.8) is 0 Å². The van der Waals surface area contributed by atoms with Gasteiger partial charge in [-0.15, -0.1) is 22.9 Å². The average Bonchev–Trinajstić information content (AvgIpc) is 2.69. The van der Waals surface area contributed by atoms with Crippen LogP contribution in [0.3, 0.4) is 0 Å². The fraction of sp³-hybridized carbons (Fsp3) is 0.286. The standard InChI is InChI=1S/C14H13Br2ClS/c1-14(2,9-6-4-3-5-7-9)12(17)11-8-10(15)13(16)18-11/h3-8,12H,1-2H3. The molecule has 1 atom stereocenters. The Balaban J connectivity index is 2.35. The van der Waals surface area contributed by atoms with Crippen molar-refractivity contribution in [3.8, 4) is 0 Å². The van der Waals surface area contributed by atoms with Gasteiger partial charge in [-0.3, -0.25) is 0 Å². The van der Waals surface area contributed by atoms with Crippen molar-refractivity contribution in [1.82, 2.24) is 0 Å². The molecule has 0 fully saturated rings. The molecule has 96 valence electrons. The van der Waals surface area contributed by atoms with Crippen LogP contribution in [0.2, 0.25) is 0 Å². The highest BCUT2D eigenvalue weighted by Crippen LogP contribution is 2.46. The lowest BCUT2D eigenvalue weighted by molar-refractivity contribution is 0.509. The third-order valence-electron chi connectivity index (χ3n) is 3.07. The molecule has 1 unspecified atom stereocenters. The molecule has 0 spiro atoms. The molecule has 1 heterocycles. The van der Waals surface area contributed by atoms with Gasteiger partial charge < -0.3 is 0 Å². The molecule has 0 radical (unpaired) electrons. The van der Waals surface area contributed by atoms with Gasteiger partial charge in [0.25, 0.3) is 0 Å². The van der Waals surface area contributed by atoms with Crippen LogP contribution in [-0.4, -0.2) is 0 Å². The van der Waals surface area contributed by atoms with Gasteiger partial charge in [-0.05, 0) is 43.5 Å². The van der Waals surface area contributed by atoms with Gasteiger partial charge in [0.2, 0.25) is 0 Å². The summed E-state index contributed by atoms with van der Waals surface area (Å²) in [7, 11) is 0. The Morgan fingerprint density at radius 1 is 1.17 bits per heavy atom. The second-order valence-corrected chi connectivity index (χ2v) is 8.41. The molecule has 0 amide bonds. The second-order valence-electron chi connectivity index (χ2n) is 4.72. The van der Waals surface area contributed by atoms with Crippen molar-refractivity contribution in [2.45, 2.75) is 24.6 Å². The van der Waals surface area contributed by atoms with E-state index in [1.807, 2.05) is 6.07 Å². The molecule has 2 rings (SSSR count). The average molecular weight is 409 g/mol. The molecule has 0 bridgehead atoms. The number of thiophene rings is 1. The van der Waals surface area contributed by atoms with Crippen LogP contribution < -0.4 is 0 Å². The van der Waals surface area contributed by atoms with Crippen molar-refractivity contribution in [1.29, 1.82) is 0 Å². The molecule has 18 heavy (non-hydrogen) atoms. The maximum atomic E-state index is 6.69. The zero-order valence-corrected chi connectivity index (χ0v) is 14.8. The Bertz CT molecular complexity index is 514. The van der Waals surface area contributed by atoms with E-state index in [1.54, 1.807) is 11.3 Å². The molecule has 1 aromatic carbocycles. The van der Waals surface area contributed by atoms with E-state index in [0.717, 1.165) is 8.26 Å². The minimum atomic E-state index is -0.105. The molecule has 0 aliphatic carbocycles. The summed E-state index contributed by atoms with van der Waals surface area (Å²) in [6, 6.07) is 12.5. The van der Waals surface area contributed by atoms with Crippen LogP contribution in [0.15, 0.2) is 44.7 Å². The predicted molar refractivity (Wildman–Crippen MR) is 87.8 cm³/mol. The van der Waals surface area contributed by atoms with E-state index in [2.05, 4.69) is 76.0 Å². The first-order valence-corrected chi connectivity index (χ1v) is 8.41. The van der Waals surface area contributed by atoms with E-state index in [4.69, 9.17) is 11.6 Å². The molecule has 1 aromatic heterocycles. The Hall–Kier alpha value is 0.170. The summed E-state index contributed by atoms with van der Waals surface area (Å²) in [6.45, 7) is 4.36. The van der Waals surface area contributed by atoms with Gasteiger partial charge in [-0.25, -0.2) is 0 Å². The van der Waals surface area contributed by atoms with Crippen molar-refractivity contribution in [2.75, 3.05) is 0 Å². The normalized spacial score (nSPS) is 13.6. The third kappa shape index (κ3) is 2.84. The number of benzene rings is 1. The summed E-state index contributed by atoms with van der Waals surface area (Å²) >= 11 is 15.4. The van der Waals surface area contributed by atoms with E-state index in [-0.39, 0.29) is 10.8 Å². The summed E-state index contributed by atoms with van der Waals surface area (Å²) in [5.74, 6) is 0. The molecule has 0 aliphatic rings. The fourth-order valence-electron chi connectivity index (χ4n) is 1.86. The lowest BCUT2D eigenvalue weighted by Gasteiger charge is -2.30. The van der Waals surface area contributed by atoms with Crippen molar-refractivity contribution in [3.05, 3.63) is 55.1 Å². The van der Waals surface area contributed by atoms with Crippen LogP contribution in [0.4, 0.5) is 0 Å². The molecule has 4 heteroatoms. The van der Waals surface area contributed by atoms with Gasteiger partial charge in [0.15, 0.2) is 0 Å².